The summed E-state index contributed by atoms with van der Waals surface area (Å²) in [6, 6.07) is 5.93. The highest BCUT2D eigenvalue weighted by Crippen LogP contribution is 2.37. The van der Waals surface area contributed by atoms with Gasteiger partial charge in [0.2, 0.25) is 5.13 Å². The van der Waals surface area contributed by atoms with E-state index in [9.17, 15) is 17.6 Å². The van der Waals surface area contributed by atoms with Crippen molar-refractivity contribution in [2.45, 2.75) is 44.1 Å². The molecule has 1 amide bonds. The molecule has 3 aromatic rings. The van der Waals surface area contributed by atoms with Gasteiger partial charge in [-0.1, -0.05) is 11.6 Å². The van der Waals surface area contributed by atoms with Crippen LogP contribution in [0.1, 0.15) is 33.6 Å². The second-order valence-electron chi connectivity index (χ2n) is 9.22. The zero-order valence-electron chi connectivity index (χ0n) is 20.2. The fraction of sp³-hybridized carbons (Fsp3) is 0.348. The number of hydrogen-bond donors (Lipinski definition) is 1. The first-order chi connectivity index (χ1) is 17.4. The molecule has 0 aliphatic carbocycles. The molecule has 14 heteroatoms. The van der Waals surface area contributed by atoms with Crippen LogP contribution in [0.3, 0.4) is 0 Å². The first-order valence-corrected chi connectivity index (χ1v) is 13.8. The minimum Gasteiger partial charge on any atom is -0.443 e. The third-order valence-electron chi connectivity index (χ3n) is 5.30. The van der Waals surface area contributed by atoms with Gasteiger partial charge in [0.1, 0.15) is 28.5 Å². The van der Waals surface area contributed by atoms with Crippen LogP contribution < -0.4 is 14.5 Å². The quantitative estimate of drug-likeness (QED) is 0.387. The summed E-state index contributed by atoms with van der Waals surface area (Å²) in [7, 11) is -4.84. The molecule has 0 unspecified atom stereocenters. The lowest BCUT2D eigenvalue weighted by Crippen LogP contribution is -2.41. The van der Waals surface area contributed by atoms with E-state index in [1.807, 2.05) is 4.90 Å². The number of rotatable bonds is 6. The summed E-state index contributed by atoms with van der Waals surface area (Å²) in [5.41, 5.74) is 0.0780. The van der Waals surface area contributed by atoms with Crippen LogP contribution in [0.15, 0.2) is 41.6 Å². The van der Waals surface area contributed by atoms with Gasteiger partial charge in [-0.05, 0) is 57.9 Å². The number of carbonyl (C=O) groups excluding carboxylic acids is 1. The third kappa shape index (κ3) is 5.94. The van der Waals surface area contributed by atoms with E-state index >= 15 is 4.39 Å². The molecule has 1 aliphatic rings. The molecule has 37 heavy (non-hydrogen) atoms. The number of hydrogen-bond acceptors (Lipinski definition) is 9. The lowest BCUT2D eigenvalue weighted by Gasteiger charge is -2.25. The van der Waals surface area contributed by atoms with E-state index in [0.717, 1.165) is 44.4 Å². The maximum atomic E-state index is 15.3. The van der Waals surface area contributed by atoms with Crippen molar-refractivity contribution in [2.75, 3.05) is 27.6 Å². The van der Waals surface area contributed by atoms with Crippen LogP contribution in [-0.4, -0.2) is 42.6 Å². The molecule has 1 N–H and O–H groups in total. The minimum atomic E-state index is -4.84. The molecule has 1 saturated heterocycles. The van der Waals surface area contributed by atoms with Crippen molar-refractivity contribution >= 4 is 61.4 Å². The lowest BCUT2D eigenvalue weighted by molar-refractivity contribution is 0.0609. The SMILES string of the molecule is CC(C)(C)OC(=O)N(c1ncns1)S(=O)(=O)c1cc(Cl)c(Nc2ccc(F)cc2N2CCCC2)cc1F. The smallest absolute Gasteiger partial charge is 0.431 e. The van der Waals surface area contributed by atoms with Gasteiger partial charge in [-0.15, -0.1) is 4.31 Å². The predicted octanol–water partition coefficient (Wildman–Crippen LogP) is 5.94. The molecule has 2 aromatic carbocycles. The summed E-state index contributed by atoms with van der Waals surface area (Å²) in [5.74, 6) is -1.60. The van der Waals surface area contributed by atoms with Crippen LogP contribution in [0.25, 0.3) is 0 Å². The van der Waals surface area contributed by atoms with E-state index in [-0.39, 0.29) is 20.1 Å². The van der Waals surface area contributed by atoms with Gasteiger partial charge in [0.25, 0.3) is 10.0 Å². The summed E-state index contributed by atoms with van der Waals surface area (Å²) in [5, 5.41) is 2.51. The Balaban J connectivity index is 1.71. The van der Waals surface area contributed by atoms with Crippen LogP contribution >= 0.6 is 23.1 Å². The van der Waals surface area contributed by atoms with Crippen LogP contribution in [0.2, 0.25) is 5.02 Å². The van der Waals surface area contributed by atoms with Crippen molar-refractivity contribution in [2.24, 2.45) is 0 Å². The zero-order valence-corrected chi connectivity index (χ0v) is 22.6. The average Bonchev–Trinajstić information content (AvgIpc) is 3.50. The molecule has 9 nitrogen and oxygen atoms in total. The normalized spacial score (nSPS) is 14.1. The predicted molar refractivity (Wildman–Crippen MR) is 138 cm³/mol. The van der Waals surface area contributed by atoms with Gasteiger partial charge in [0.15, 0.2) is 0 Å². The number of carbonyl (C=O) groups is 1. The minimum absolute atomic E-state index is 0.0601. The number of benzene rings is 2. The van der Waals surface area contributed by atoms with Gasteiger partial charge in [-0.3, -0.25) is 0 Å². The molecular formula is C23H24ClF2N5O4S2. The van der Waals surface area contributed by atoms with Crippen LogP contribution in [0.4, 0.5) is 35.8 Å². The molecule has 1 aromatic heterocycles. The monoisotopic (exact) mass is 571 g/mol. The summed E-state index contributed by atoms with van der Waals surface area (Å²) < 4.78 is 65.4. The third-order valence-corrected chi connectivity index (χ3v) is 8.05. The van der Waals surface area contributed by atoms with Crippen molar-refractivity contribution in [3.05, 3.63) is 53.3 Å². The summed E-state index contributed by atoms with van der Waals surface area (Å²) in [4.78, 5) is 17.8. The van der Waals surface area contributed by atoms with Gasteiger partial charge in [-0.2, -0.15) is 4.37 Å². The average molecular weight is 572 g/mol. The second-order valence-corrected chi connectivity index (χ2v) is 12.1. The fourth-order valence-electron chi connectivity index (χ4n) is 3.73. The Hall–Kier alpha value is -3.03. The lowest BCUT2D eigenvalue weighted by atomic mass is 10.2. The van der Waals surface area contributed by atoms with E-state index in [1.54, 1.807) is 20.8 Å². The van der Waals surface area contributed by atoms with E-state index in [2.05, 4.69) is 14.7 Å². The van der Waals surface area contributed by atoms with Crippen LogP contribution in [-0.2, 0) is 14.8 Å². The number of aromatic nitrogens is 2. The van der Waals surface area contributed by atoms with Gasteiger partial charge in [0.05, 0.1) is 22.1 Å². The topological polar surface area (TPSA) is 105 Å². The number of nitrogens with one attached hydrogen (secondary N) is 1. The van der Waals surface area contributed by atoms with Crippen LogP contribution in [0, 0.1) is 11.6 Å². The van der Waals surface area contributed by atoms with Crippen molar-refractivity contribution in [3.8, 4) is 0 Å². The van der Waals surface area contributed by atoms with E-state index in [4.69, 9.17) is 16.3 Å². The zero-order chi connectivity index (χ0) is 27.0. The molecule has 0 atom stereocenters. The molecule has 198 valence electrons. The Bertz CT molecular complexity index is 1410. The fourth-order valence-corrected chi connectivity index (χ4v) is 6.09. The molecular weight excluding hydrogens is 548 g/mol. The second kappa shape index (κ2) is 10.4. The molecule has 0 radical (unpaired) electrons. The Morgan fingerprint density at radius 1 is 1.16 bits per heavy atom. The van der Waals surface area contributed by atoms with Crippen molar-refractivity contribution < 1.29 is 26.7 Å². The Morgan fingerprint density at radius 2 is 1.86 bits per heavy atom. The van der Waals surface area contributed by atoms with E-state index in [1.165, 1.54) is 18.2 Å². The number of ether oxygens (including phenoxy) is 1. The largest absolute Gasteiger partial charge is 0.443 e. The Morgan fingerprint density at radius 3 is 2.49 bits per heavy atom. The summed E-state index contributed by atoms with van der Waals surface area (Å²) in [6.45, 7) is 6.14. The summed E-state index contributed by atoms with van der Waals surface area (Å²) in [6.07, 6.45) is 1.70. The van der Waals surface area contributed by atoms with E-state index in [0.29, 0.717) is 22.9 Å². The highest BCUT2D eigenvalue weighted by molar-refractivity contribution is 7.93. The van der Waals surface area contributed by atoms with Crippen LogP contribution in [0.5, 0.6) is 0 Å². The number of halogens is 3. The van der Waals surface area contributed by atoms with Gasteiger partial charge >= 0.3 is 6.09 Å². The number of sulfonamides is 1. The van der Waals surface area contributed by atoms with Gasteiger partial charge < -0.3 is 15.0 Å². The molecule has 4 rings (SSSR count). The highest BCUT2D eigenvalue weighted by Gasteiger charge is 2.39. The molecule has 0 bridgehead atoms. The maximum Gasteiger partial charge on any atom is 0.431 e. The summed E-state index contributed by atoms with van der Waals surface area (Å²) >= 11 is 6.99. The van der Waals surface area contributed by atoms with Crippen molar-refractivity contribution in [1.29, 1.82) is 0 Å². The number of nitrogens with zero attached hydrogens (tertiary/aromatic N) is 4. The first kappa shape index (κ1) is 27.0. The highest BCUT2D eigenvalue weighted by atomic mass is 35.5. The molecule has 2 heterocycles. The van der Waals surface area contributed by atoms with Gasteiger partial charge in [0, 0.05) is 30.7 Å². The number of amides is 1. The van der Waals surface area contributed by atoms with Gasteiger partial charge in [-0.25, -0.2) is 27.0 Å². The Kier molecular flexibility index (Phi) is 7.58. The van der Waals surface area contributed by atoms with Crippen molar-refractivity contribution in [1.82, 2.24) is 9.36 Å². The Labute approximate surface area is 222 Å². The molecule has 0 spiro atoms. The first-order valence-electron chi connectivity index (χ1n) is 11.2. The standard InChI is InChI=1S/C23H24ClF2N5O4S2/c1-23(2,3)35-22(32)31(21-27-13-28-36-21)37(33,34)20-11-15(24)18(12-16(20)26)29-17-7-6-14(25)10-19(17)30-8-4-5-9-30/h6-7,10-13,29H,4-5,8-9H2,1-3H3. The molecule has 0 saturated carbocycles. The number of anilines is 4. The molecule has 1 fully saturated rings. The van der Waals surface area contributed by atoms with E-state index < -0.39 is 38.2 Å². The maximum absolute atomic E-state index is 15.3. The van der Waals surface area contributed by atoms with Crippen molar-refractivity contribution in [3.63, 3.8) is 0 Å². The molecule has 1 aliphatic heterocycles.